The topological polar surface area (TPSA) is 66.0 Å². The minimum Gasteiger partial charge on any atom is -0.472 e. The van der Waals surface area contributed by atoms with Crippen LogP contribution < -0.4 is 5.32 Å². The molecule has 0 saturated carbocycles. The van der Waals surface area contributed by atoms with Crippen LogP contribution in [0, 0.1) is 17.1 Å². The Balaban J connectivity index is 2.33. The summed E-state index contributed by atoms with van der Waals surface area (Å²) in [5.74, 6) is -0.782. The van der Waals surface area contributed by atoms with Gasteiger partial charge in [-0.25, -0.2) is 4.39 Å². The second-order valence-electron chi connectivity index (χ2n) is 3.99. The monoisotopic (exact) mass is 302 g/mol. The first-order valence-corrected chi connectivity index (χ1v) is 7.16. The van der Waals surface area contributed by atoms with Crippen molar-refractivity contribution in [2.75, 3.05) is 11.6 Å². The van der Waals surface area contributed by atoms with E-state index in [-0.39, 0.29) is 11.4 Å². The first-order valence-electron chi connectivity index (χ1n) is 5.93. The highest BCUT2D eigenvalue weighted by Gasteiger charge is 2.18. The number of nitrogens with one attached hydrogen (secondary N) is 1. The highest BCUT2D eigenvalue weighted by Crippen LogP contribution is 2.23. The molecular formula is C15H11FN2O2S. The average Bonchev–Trinajstić information content (AvgIpc) is 3.03. The van der Waals surface area contributed by atoms with Gasteiger partial charge in [-0.1, -0.05) is 0 Å². The molecule has 0 radical (unpaired) electrons. The predicted molar refractivity (Wildman–Crippen MR) is 79.2 cm³/mol. The van der Waals surface area contributed by atoms with E-state index in [1.54, 1.807) is 6.26 Å². The maximum absolute atomic E-state index is 12.9. The molecule has 106 valence electrons. The normalized spacial score (nSPS) is 11.5. The SMILES string of the molecule is CS/C(Nc1ccc(F)cc1)=C(/C#N)C(=O)c1ccoc1. The van der Waals surface area contributed by atoms with Crippen LogP contribution in [0.4, 0.5) is 10.1 Å². The summed E-state index contributed by atoms with van der Waals surface area (Å²) in [4.78, 5) is 12.2. The van der Waals surface area contributed by atoms with Gasteiger partial charge in [0, 0.05) is 5.69 Å². The van der Waals surface area contributed by atoms with Crippen LogP contribution in [0.15, 0.2) is 57.9 Å². The molecule has 0 saturated heterocycles. The summed E-state index contributed by atoms with van der Waals surface area (Å²) in [5.41, 5.74) is 0.876. The Labute approximate surface area is 125 Å². The van der Waals surface area contributed by atoms with Crippen LogP contribution in [0.1, 0.15) is 10.4 Å². The second-order valence-corrected chi connectivity index (χ2v) is 4.81. The van der Waals surface area contributed by atoms with Gasteiger partial charge in [-0.15, -0.1) is 11.8 Å². The number of allylic oxidation sites excluding steroid dienone is 1. The number of carbonyl (C=O) groups excluding carboxylic acids is 1. The van der Waals surface area contributed by atoms with Gasteiger partial charge in [-0.2, -0.15) is 5.26 Å². The zero-order valence-corrected chi connectivity index (χ0v) is 11.9. The molecule has 1 N–H and O–H groups in total. The lowest BCUT2D eigenvalue weighted by Crippen LogP contribution is -2.08. The molecule has 0 bridgehead atoms. The molecule has 0 aliphatic carbocycles. The zero-order chi connectivity index (χ0) is 15.2. The molecule has 0 aliphatic rings. The molecule has 0 unspecified atom stereocenters. The predicted octanol–water partition coefficient (Wildman–Crippen LogP) is 3.81. The van der Waals surface area contributed by atoms with E-state index in [1.807, 2.05) is 6.07 Å². The third kappa shape index (κ3) is 3.52. The van der Waals surface area contributed by atoms with E-state index in [0.717, 1.165) is 0 Å². The van der Waals surface area contributed by atoms with E-state index in [4.69, 9.17) is 4.42 Å². The number of nitriles is 1. The third-order valence-corrected chi connectivity index (χ3v) is 3.37. The highest BCUT2D eigenvalue weighted by molar-refractivity contribution is 8.02. The Morgan fingerprint density at radius 2 is 2.05 bits per heavy atom. The fourth-order valence-electron chi connectivity index (χ4n) is 1.62. The molecule has 2 rings (SSSR count). The van der Waals surface area contributed by atoms with Crippen molar-refractivity contribution in [2.24, 2.45) is 0 Å². The number of nitrogens with zero attached hydrogens (tertiary/aromatic N) is 1. The van der Waals surface area contributed by atoms with Gasteiger partial charge in [-0.05, 0) is 36.6 Å². The van der Waals surface area contributed by atoms with Crippen molar-refractivity contribution in [3.05, 3.63) is 64.8 Å². The van der Waals surface area contributed by atoms with Crippen LogP contribution in [0.25, 0.3) is 0 Å². The van der Waals surface area contributed by atoms with Crippen molar-refractivity contribution in [1.29, 1.82) is 5.26 Å². The van der Waals surface area contributed by atoms with Crippen molar-refractivity contribution >= 4 is 23.2 Å². The Morgan fingerprint density at radius 3 is 2.57 bits per heavy atom. The van der Waals surface area contributed by atoms with Gasteiger partial charge < -0.3 is 9.73 Å². The summed E-state index contributed by atoms with van der Waals surface area (Å²) >= 11 is 1.23. The van der Waals surface area contributed by atoms with Crippen molar-refractivity contribution in [2.45, 2.75) is 0 Å². The first-order chi connectivity index (χ1) is 10.2. The van der Waals surface area contributed by atoms with Crippen molar-refractivity contribution in [1.82, 2.24) is 0 Å². The van der Waals surface area contributed by atoms with E-state index in [0.29, 0.717) is 16.3 Å². The fraction of sp³-hybridized carbons (Fsp3) is 0.0667. The Bertz CT molecular complexity index is 700. The van der Waals surface area contributed by atoms with Gasteiger partial charge in [0.15, 0.2) is 0 Å². The lowest BCUT2D eigenvalue weighted by molar-refractivity contribution is 0.103. The van der Waals surface area contributed by atoms with E-state index in [2.05, 4.69) is 5.32 Å². The van der Waals surface area contributed by atoms with Crippen LogP contribution in [0.2, 0.25) is 0 Å². The van der Waals surface area contributed by atoms with Crippen molar-refractivity contribution in [3.63, 3.8) is 0 Å². The summed E-state index contributed by atoms with van der Waals surface area (Å²) in [5, 5.41) is 12.6. The molecule has 21 heavy (non-hydrogen) atoms. The number of anilines is 1. The maximum Gasteiger partial charge on any atom is 0.209 e. The number of rotatable bonds is 5. The van der Waals surface area contributed by atoms with Gasteiger partial charge in [0.2, 0.25) is 5.78 Å². The molecule has 4 nitrogen and oxygen atoms in total. The summed E-state index contributed by atoms with van der Waals surface area (Å²) in [6, 6.07) is 9.05. The number of benzene rings is 1. The molecule has 0 atom stereocenters. The van der Waals surface area contributed by atoms with Gasteiger partial charge >= 0.3 is 0 Å². The minimum absolute atomic E-state index is 0.0202. The quantitative estimate of drug-likeness (QED) is 0.517. The third-order valence-electron chi connectivity index (χ3n) is 2.66. The number of halogens is 1. The van der Waals surface area contributed by atoms with Crippen molar-refractivity contribution < 1.29 is 13.6 Å². The van der Waals surface area contributed by atoms with Gasteiger partial charge in [0.05, 0.1) is 16.9 Å². The number of ketones is 1. The van der Waals surface area contributed by atoms with Gasteiger partial charge in [0.1, 0.15) is 23.7 Å². The van der Waals surface area contributed by atoms with E-state index >= 15 is 0 Å². The van der Waals surface area contributed by atoms with Crippen LogP contribution in [0.3, 0.4) is 0 Å². The van der Waals surface area contributed by atoms with E-state index in [1.165, 1.54) is 54.6 Å². The summed E-state index contributed by atoms with van der Waals surface area (Å²) in [7, 11) is 0. The number of thioether (sulfide) groups is 1. The van der Waals surface area contributed by atoms with Gasteiger partial charge in [-0.3, -0.25) is 4.79 Å². The average molecular weight is 302 g/mol. The molecule has 0 aliphatic heterocycles. The molecular weight excluding hydrogens is 291 g/mol. The smallest absolute Gasteiger partial charge is 0.209 e. The largest absolute Gasteiger partial charge is 0.472 e. The Kier molecular flexibility index (Phi) is 4.80. The molecule has 1 aromatic heterocycles. The summed E-state index contributed by atoms with van der Waals surface area (Å²) < 4.78 is 17.7. The molecule has 0 fully saturated rings. The van der Waals surface area contributed by atoms with Gasteiger partial charge in [0.25, 0.3) is 0 Å². The number of hydrogen-bond donors (Lipinski definition) is 1. The molecule has 1 aromatic carbocycles. The summed E-state index contributed by atoms with van der Waals surface area (Å²) in [6.45, 7) is 0. The number of furan rings is 1. The Morgan fingerprint density at radius 1 is 1.33 bits per heavy atom. The van der Waals surface area contributed by atoms with E-state index in [9.17, 15) is 14.4 Å². The minimum atomic E-state index is -0.426. The fourth-order valence-corrected chi connectivity index (χ4v) is 2.18. The van der Waals surface area contributed by atoms with Crippen LogP contribution in [0.5, 0.6) is 0 Å². The molecule has 2 aromatic rings. The molecule has 0 amide bonds. The number of hydrogen-bond acceptors (Lipinski definition) is 5. The zero-order valence-electron chi connectivity index (χ0n) is 11.1. The lowest BCUT2D eigenvalue weighted by Gasteiger charge is -2.10. The highest BCUT2D eigenvalue weighted by atomic mass is 32.2. The van der Waals surface area contributed by atoms with Crippen molar-refractivity contribution in [3.8, 4) is 6.07 Å². The standard InChI is InChI=1S/C15H11FN2O2S/c1-21-15(18-12-4-2-11(16)3-5-12)13(8-17)14(19)10-6-7-20-9-10/h2-7,9,18H,1H3/b15-13-. The summed E-state index contributed by atoms with van der Waals surface area (Å²) in [6.07, 6.45) is 4.40. The molecule has 1 heterocycles. The molecule has 6 heteroatoms. The lowest BCUT2D eigenvalue weighted by atomic mass is 10.1. The van der Waals surface area contributed by atoms with Crippen LogP contribution in [-0.4, -0.2) is 12.0 Å². The number of carbonyl (C=O) groups is 1. The van der Waals surface area contributed by atoms with E-state index < -0.39 is 5.78 Å². The maximum atomic E-state index is 12.9. The molecule has 0 spiro atoms. The number of Topliss-reactive ketones (excluding diaryl/α,β-unsaturated/α-hetero) is 1. The van der Waals surface area contributed by atoms with Crippen LogP contribution in [-0.2, 0) is 0 Å². The van der Waals surface area contributed by atoms with Crippen LogP contribution >= 0.6 is 11.8 Å². The first kappa shape index (κ1) is 14.9. The second kappa shape index (κ2) is 6.77. The Hall–Kier alpha value is -2.52.